The number of aryl methyl sites for hydroxylation is 1. The van der Waals surface area contributed by atoms with E-state index in [2.05, 4.69) is 53.0 Å². The van der Waals surface area contributed by atoms with Crippen molar-refractivity contribution in [3.8, 4) is 0 Å². The van der Waals surface area contributed by atoms with Crippen LogP contribution >= 0.6 is 0 Å². The van der Waals surface area contributed by atoms with Crippen LogP contribution in [0, 0.1) is 18.8 Å². The molecule has 0 aliphatic carbocycles. The van der Waals surface area contributed by atoms with E-state index in [9.17, 15) is 4.79 Å². The standard InChI is InChI=1S/C24H27N3O/c1-16-7-3-4-8-19(16)24-21-15-27(13-17(21)12-26(24)2)14-18-11-23(28)20-9-5-6-10-22(20)25-18/h3-11,17,21,24H,12-15H2,1-2H3,(H,25,28)/t17-,21+,24+/m0/s1. The molecule has 0 spiro atoms. The molecule has 0 bridgehead atoms. The first-order valence-corrected chi connectivity index (χ1v) is 10.2. The first-order chi connectivity index (χ1) is 13.6. The summed E-state index contributed by atoms with van der Waals surface area (Å²) in [7, 11) is 2.26. The predicted octanol–water partition coefficient (Wildman–Crippen LogP) is 3.57. The topological polar surface area (TPSA) is 39.3 Å². The molecule has 2 aliphatic rings. The van der Waals surface area contributed by atoms with Crippen molar-refractivity contribution in [3.05, 3.63) is 81.6 Å². The van der Waals surface area contributed by atoms with Crippen LogP contribution in [0.5, 0.6) is 0 Å². The van der Waals surface area contributed by atoms with Gasteiger partial charge in [-0.25, -0.2) is 0 Å². The Morgan fingerprint density at radius 1 is 1.04 bits per heavy atom. The van der Waals surface area contributed by atoms with E-state index in [-0.39, 0.29) is 5.43 Å². The maximum atomic E-state index is 12.4. The zero-order valence-electron chi connectivity index (χ0n) is 16.6. The smallest absolute Gasteiger partial charge is 0.189 e. The van der Waals surface area contributed by atoms with E-state index in [1.54, 1.807) is 6.07 Å². The van der Waals surface area contributed by atoms with Gasteiger partial charge in [-0.2, -0.15) is 0 Å². The van der Waals surface area contributed by atoms with Crippen LogP contribution in [0.4, 0.5) is 0 Å². The van der Waals surface area contributed by atoms with E-state index in [1.807, 2.05) is 24.3 Å². The highest BCUT2D eigenvalue weighted by molar-refractivity contribution is 5.78. The Kier molecular flexibility index (Phi) is 4.33. The fourth-order valence-corrected chi connectivity index (χ4v) is 5.44. The molecule has 2 fully saturated rings. The number of para-hydroxylation sites is 1. The maximum Gasteiger partial charge on any atom is 0.189 e. The number of rotatable bonds is 3. The molecule has 1 aromatic heterocycles. The van der Waals surface area contributed by atoms with Gasteiger partial charge in [0.25, 0.3) is 0 Å². The Balaban J connectivity index is 1.38. The summed E-state index contributed by atoms with van der Waals surface area (Å²) in [4.78, 5) is 21.0. The van der Waals surface area contributed by atoms with Crippen molar-refractivity contribution in [3.63, 3.8) is 0 Å². The molecule has 1 N–H and O–H groups in total. The minimum absolute atomic E-state index is 0.112. The van der Waals surface area contributed by atoms with E-state index >= 15 is 0 Å². The average Bonchev–Trinajstić information content (AvgIpc) is 3.18. The molecule has 2 saturated heterocycles. The number of nitrogens with zero attached hydrogens (tertiary/aromatic N) is 2. The lowest BCUT2D eigenvalue weighted by Crippen LogP contribution is -2.29. The van der Waals surface area contributed by atoms with Gasteiger partial charge >= 0.3 is 0 Å². The minimum Gasteiger partial charge on any atom is -0.357 e. The molecular formula is C24H27N3O. The highest BCUT2D eigenvalue weighted by Crippen LogP contribution is 2.45. The second-order valence-corrected chi connectivity index (χ2v) is 8.56. The Hall–Kier alpha value is -2.43. The summed E-state index contributed by atoms with van der Waals surface area (Å²) in [6, 6.07) is 18.9. The second kappa shape index (κ2) is 6.87. The number of hydrogen-bond acceptors (Lipinski definition) is 3. The number of nitrogens with one attached hydrogen (secondary N) is 1. The summed E-state index contributed by atoms with van der Waals surface area (Å²) in [6.45, 7) is 6.38. The molecule has 0 saturated carbocycles. The van der Waals surface area contributed by atoms with E-state index in [0.29, 0.717) is 17.9 Å². The third-order valence-electron chi connectivity index (χ3n) is 6.66. The summed E-state index contributed by atoms with van der Waals surface area (Å²) in [5.74, 6) is 1.35. The molecular weight excluding hydrogens is 346 g/mol. The van der Waals surface area contributed by atoms with Crippen LogP contribution in [0.15, 0.2) is 59.4 Å². The minimum atomic E-state index is 0.112. The number of aromatic nitrogens is 1. The van der Waals surface area contributed by atoms with Crippen molar-refractivity contribution >= 4 is 10.9 Å². The fourth-order valence-electron chi connectivity index (χ4n) is 5.44. The first-order valence-electron chi connectivity index (χ1n) is 10.2. The van der Waals surface area contributed by atoms with Crippen molar-refractivity contribution in [2.24, 2.45) is 11.8 Å². The van der Waals surface area contributed by atoms with Crippen LogP contribution < -0.4 is 5.43 Å². The van der Waals surface area contributed by atoms with Crippen LogP contribution in [0.25, 0.3) is 10.9 Å². The molecule has 3 heterocycles. The van der Waals surface area contributed by atoms with Crippen molar-refractivity contribution in [1.82, 2.24) is 14.8 Å². The number of aromatic amines is 1. The molecule has 3 atom stereocenters. The summed E-state index contributed by atoms with van der Waals surface area (Å²) in [5.41, 5.74) is 4.92. The zero-order chi connectivity index (χ0) is 19.3. The van der Waals surface area contributed by atoms with E-state index in [4.69, 9.17) is 0 Å². The van der Waals surface area contributed by atoms with Gasteiger partial charge in [-0.05, 0) is 49.1 Å². The van der Waals surface area contributed by atoms with Gasteiger partial charge in [-0.1, -0.05) is 36.4 Å². The average molecular weight is 374 g/mol. The van der Waals surface area contributed by atoms with E-state index in [0.717, 1.165) is 42.8 Å². The molecule has 3 aromatic rings. The Morgan fingerprint density at radius 3 is 2.68 bits per heavy atom. The SMILES string of the molecule is Cc1ccccc1[C@@H]1[C@@H]2CN(Cc3cc(=O)c4ccccc4[nH]3)C[C@@H]2CN1C. The van der Waals surface area contributed by atoms with Crippen molar-refractivity contribution in [2.75, 3.05) is 26.7 Å². The van der Waals surface area contributed by atoms with Crippen LogP contribution in [-0.4, -0.2) is 41.5 Å². The van der Waals surface area contributed by atoms with E-state index < -0.39 is 0 Å². The molecule has 4 nitrogen and oxygen atoms in total. The predicted molar refractivity (Wildman–Crippen MR) is 113 cm³/mol. The monoisotopic (exact) mass is 373 g/mol. The quantitative estimate of drug-likeness (QED) is 0.763. The normalized spacial score (nSPS) is 25.4. The molecule has 0 amide bonds. The Morgan fingerprint density at radius 2 is 1.82 bits per heavy atom. The number of hydrogen-bond donors (Lipinski definition) is 1. The van der Waals surface area contributed by atoms with Crippen LogP contribution in [0.1, 0.15) is 22.9 Å². The Bertz CT molecular complexity index is 1070. The van der Waals surface area contributed by atoms with Crippen molar-refractivity contribution in [1.29, 1.82) is 0 Å². The van der Waals surface area contributed by atoms with Gasteiger partial charge in [0.1, 0.15) is 0 Å². The highest BCUT2D eigenvalue weighted by Gasteiger charge is 2.46. The highest BCUT2D eigenvalue weighted by atomic mass is 16.1. The summed E-state index contributed by atoms with van der Waals surface area (Å²) in [6.07, 6.45) is 0. The number of pyridine rings is 1. The first kappa shape index (κ1) is 17.7. The molecule has 2 aromatic carbocycles. The Labute approximate surface area is 165 Å². The molecule has 0 radical (unpaired) electrons. The molecule has 2 aliphatic heterocycles. The lowest BCUT2D eigenvalue weighted by atomic mass is 9.88. The van der Waals surface area contributed by atoms with Gasteiger partial charge in [0.15, 0.2) is 5.43 Å². The summed E-state index contributed by atoms with van der Waals surface area (Å²) < 4.78 is 0. The lowest BCUT2D eigenvalue weighted by Gasteiger charge is -2.28. The van der Waals surface area contributed by atoms with Gasteiger partial charge in [-0.15, -0.1) is 0 Å². The van der Waals surface area contributed by atoms with Gasteiger partial charge in [-0.3, -0.25) is 14.6 Å². The summed E-state index contributed by atoms with van der Waals surface area (Å²) in [5, 5.41) is 0.769. The van der Waals surface area contributed by atoms with Gasteiger partial charge in [0, 0.05) is 54.9 Å². The number of benzene rings is 2. The third-order valence-corrected chi connectivity index (χ3v) is 6.66. The van der Waals surface area contributed by atoms with Crippen LogP contribution in [0.3, 0.4) is 0 Å². The van der Waals surface area contributed by atoms with Gasteiger partial charge in [0.05, 0.1) is 0 Å². The molecule has 144 valence electrons. The summed E-state index contributed by atoms with van der Waals surface area (Å²) >= 11 is 0. The van der Waals surface area contributed by atoms with Gasteiger partial charge < -0.3 is 4.98 Å². The molecule has 5 rings (SSSR count). The third kappa shape index (κ3) is 2.97. The maximum absolute atomic E-state index is 12.4. The van der Waals surface area contributed by atoms with Crippen LogP contribution in [-0.2, 0) is 6.54 Å². The molecule has 4 heteroatoms. The largest absolute Gasteiger partial charge is 0.357 e. The zero-order valence-corrected chi connectivity index (χ0v) is 16.6. The number of likely N-dealkylation sites (tertiary alicyclic amines) is 2. The van der Waals surface area contributed by atoms with Gasteiger partial charge in [0.2, 0.25) is 0 Å². The second-order valence-electron chi connectivity index (χ2n) is 8.56. The fraction of sp³-hybridized carbons (Fsp3) is 0.375. The molecule has 0 unspecified atom stereocenters. The number of fused-ring (bicyclic) bond motifs is 2. The van der Waals surface area contributed by atoms with E-state index in [1.165, 1.54) is 11.1 Å². The molecule has 28 heavy (non-hydrogen) atoms. The van der Waals surface area contributed by atoms with Crippen molar-refractivity contribution in [2.45, 2.75) is 19.5 Å². The lowest BCUT2D eigenvalue weighted by molar-refractivity contribution is 0.223. The number of H-pyrrole nitrogens is 1. The van der Waals surface area contributed by atoms with Crippen molar-refractivity contribution < 1.29 is 0 Å². The van der Waals surface area contributed by atoms with Crippen LogP contribution in [0.2, 0.25) is 0 Å².